The highest BCUT2D eigenvalue weighted by molar-refractivity contribution is 7.20. The minimum absolute atomic E-state index is 0.207. The molecule has 3 N–H and O–H groups in total. The number of amides is 2. The first-order chi connectivity index (χ1) is 14.9. The molecule has 4 aromatic rings. The van der Waals surface area contributed by atoms with Crippen LogP contribution in [0.1, 0.15) is 28.0 Å². The maximum atomic E-state index is 12.9. The normalized spacial score (nSPS) is 11.0. The number of nitrogens with zero attached hydrogens (tertiary/aromatic N) is 2. The summed E-state index contributed by atoms with van der Waals surface area (Å²) in [5.41, 5.74) is 6.42. The Kier molecular flexibility index (Phi) is 5.71. The van der Waals surface area contributed by atoms with Crippen molar-refractivity contribution in [1.29, 1.82) is 0 Å². The molecule has 4 rings (SSSR count). The molecule has 0 aliphatic rings. The molecule has 7 nitrogen and oxygen atoms in total. The molecule has 0 bridgehead atoms. The van der Waals surface area contributed by atoms with E-state index in [0.29, 0.717) is 21.0 Å². The first kappa shape index (κ1) is 21.0. The molecule has 0 aliphatic heterocycles. The number of benzene rings is 1. The molecule has 158 valence electrons. The van der Waals surface area contributed by atoms with Crippen LogP contribution in [-0.4, -0.2) is 21.4 Å². The lowest BCUT2D eigenvalue weighted by Crippen LogP contribution is -2.30. The average molecular weight is 453 g/mol. The molecule has 31 heavy (non-hydrogen) atoms. The van der Waals surface area contributed by atoms with Gasteiger partial charge in [0, 0.05) is 9.75 Å². The van der Waals surface area contributed by atoms with Gasteiger partial charge in [-0.3, -0.25) is 19.0 Å². The molecule has 0 spiro atoms. The number of carbonyl (C=O) groups excluding carboxylic acids is 2. The smallest absolute Gasteiger partial charge is 0.262 e. The Balaban J connectivity index is 1.63. The van der Waals surface area contributed by atoms with E-state index in [4.69, 9.17) is 5.73 Å². The summed E-state index contributed by atoms with van der Waals surface area (Å²) in [4.78, 5) is 44.6. The van der Waals surface area contributed by atoms with E-state index in [1.807, 2.05) is 43.3 Å². The zero-order valence-corrected chi connectivity index (χ0v) is 18.6. The highest BCUT2D eigenvalue weighted by atomic mass is 32.1. The summed E-state index contributed by atoms with van der Waals surface area (Å²) in [7, 11) is 0. The van der Waals surface area contributed by atoms with Crippen LogP contribution in [0.4, 0.5) is 5.00 Å². The Hall–Kier alpha value is -3.30. The van der Waals surface area contributed by atoms with Crippen LogP contribution in [0.5, 0.6) is 0 Å². The number of carbonyl (C=O) groups is 2. The molecule has 0 saturated carbocycles. The summed E-state index contributed by atoms with van der Waals surface area (Å²) in [6.45, 7) is 3.51. The lowest BCUT2D eigenvalue weighted by atomic mass is 10.1. The quantitative estimate of drug-likeness (QED) is 0.464. The summed E-state index contributed by atoms with van der Waals surface area (Å²) in [6.07, 6.45) is 0.817. The summed E-state index contributed by atoms with van der Waals surface area (Å²) in [5, 5.41) is 3.62. The topological polar surface area (TPSA) is 107 Å². The zero-order chi connectivity index (χ0) is 22.1. The fourth-order valence-electron chi connectivity index (χ4n) is 3.25. The molecule has 0 saturated heterocycles. The van der Waals surface area contributed by atoms with Crippen molar-refractivity contribution < 1.29 is 9.59 Å². The number of hydrogen-bond donors (Lipinski definition) is 2. The second-order valence-corrected chi connectivity index (χ2v) is 9.13. The number of nitrogens with one attached hydrogen (secondary N) is 1. The number of fused-ring (bicyclic) bond motifs is 1. The van der Waals surface area contributed by atoms with E-state index in [9.17, 15) is 14.4 Å². The van der Waals surface area contributed by atoms with Crippen molar-refractivity contribution in [2.75, 3.05) is 5.32 Å². The van der Waals surface area contributed by atoms with E-state index < -0.39 is 11.8 Å². The van der Waals surface area contributed by atoms with Crippen LogP contribution in [0.3, 0.4) is 0 Å². The Labute approximate surface area is 186 Å². The molecule has 0 aliphatic carbocycles. The van der Waals surface area contributed by atoms with Crippen LogP contribution in [0.2, 0.25) is 0 Å². The van der Waals surface area contributed by atoms with Gasteiger partial charge in [0.25, 0.3) is 11.5 Å². The summed E-state index contributed by atoms with van der Waals surface area (Å²) >= 11 is 2.75. The number of hydrogen-bond acceptors (Lipinski definition) is 6. The van der Waals surface area contributed by atoms with Crippen molar-refractivity contribution >= 4 is 49.7 Å². The highest BCUT2D eigenvalue weighted by Crippen LogP contribution is 2.35. The largest absolute Gasteiger partial charge is 0.366 e. The summed E-state index contributed by atoms with van der Waals surface area (Å²) < 4.78 is 1.35. The number of nitrogens with two attached hydrogens (primary N) is 1. The summed E-state index contributed by atoms with van der Waals surface area (Å²) in [5.74, 6) is -0.597. The number of thiophene rings is 2. The number of anilines is 1. The minimum atomic E-state index is -0.629. The molecule has 3 aromatic heterocycles. The number of primary amides is 1. The van der Waals surface area contributed by atoms with Gasteiger partial charge >= 0.3 is 0 Å². The third kappa shape index (κ3) is 4.14. The van der Waals surface area contributed by atoms with E-state index in [1.54, 1.807) is 13.0 Å². The summed E-state index contributed by atoms with van der Waals surface area (Å²) in [6, 6.07) is 13.0. The molecule has 0 unspecified atom stereocenters. The van der Waals surface area contributed by atoms with Crippen molar-refractivity contribution in [3.8, 4) is 10.4 Å². The second-order valence-electron chi connectivity index (χ2n) is 6.97. The molecule has 2 amide bonds. The number of aromatic nitrogens is 2. The molecule has 0 fully saturated rings. The first-order valence-electron chi connectivity index (χ1n) is 9.66. The van der Waals surface area contributed by atoms with Gasteiger partial charge in [-0.25, -0.2) is 4.98 Å². The molecule has 1 aromatic carbocycles. The maximum Gasteiger partial charge on any atom is 0.262 e. The fraction of sp³-hybridized carbons (Fsp3) is 0.182. The van der Waals surface area contributed by atoms with Gasteiger partial charge in [-0.2, -0.15) is 0 Å². The van der Waals surface area contributed by atoms with Gasteiger partial charge in [0.15, 0.2) is 0 Å². The second kappa shape index (κ2) is 8.44. The third-order valence-electron chi connectivity index (χ3n) is 4.85. The van der Waals surface area contributed by atoms with Crippen LogP contribution >= 0.6 is 22.7 Å². The molecule has 3 heterocycles. The lowest BCUT2D eigenvalue weighted by Gasteiger charge is -2.09. The predicted molar refractivity (Wildman–Crippen MR) is 125 cm³/mol. The predicted octanol–water partition coefficient (Wildman–Crippen LogP) is 3.79. The number of aryl methyl sites for hydroxylation is 2. The number of rotatable bonds is 6. The molecule has 0 atom stereocenters. The molecule has 9 heteroatoms. The maximum absolute atomic E-state index is 12.9. The molecular weight excluding hydrogens is 432 g/mol. The van der Waals surface area contributed by atoms with Gasteiger partial charge in [-0.05, 0) is 31.0 Å². The Morgan fingerprint density at radius 3 is 2.58 bits per heavy atom. The van der Waals surface area contributed by atoms with Gasteiger partial charge in [0.05, 0.1) is 10.9 Å². The fourth-order valence-corrected chi connectivity index (χ4v) is 5.34. The van der Waals surface area contributed by atoms with Gasteiger partial charge in [0.2, 0.25) is 5.91 Å². The average Bonchev–Trinajstić information content (AvgIpc) is 3.36. The standard InChI is InChI=1S/C22H20N4O3S2/c1-3-14-9-16-21(30-14)24-12(2)26(22(16)29)11-18(27)25-20-15(19(23)28)10-17(31-20)13-7-5-4-6-8-13/h4-10H,3,11H2,1-2H3,(H2,23,28)(H,25,27). The van der Waals surface area contributed by atoms with Crippen LogP contribution < -0.4 is 16.6 Å². The van der Waals surface area contributed by atoms with Crippen LogP contribution in [0.15, 0.2) is 47.3 Å². The Bertz CT molecular complexity index is 1350. The van der Waals surface area contributed by atoms with Gasteiger partial charge < -0.3 is 11.1 Å². The van der Waals surface area contributed by atoms with Gasteiger partial charge in [-0.15, -0.1) is 22.7 Å². The van der Waals surface area contributed by atoms with Gasteiger partial charge in [-0.1, -0.05) is 37.3 Å². The van der Waals surface area contributed by atoms with Crippen LogP contribution in [0.25, 0.3) is 20.7 Å². The molecular formula is C22H20N4O3S2. The van der Waals surface area contributed by atoms with Gasteiger partial charge in [0.1, 0.15) is 22.2 Å². The highest BCUT2D eigenvalue weighted by Gasteiger charge is 2.19. The van der Waals surface area contributed by atoms with Crippen molar-refractivity contribution in [3.63, 3.8) is 0 Å². The van der Waals surface area contributed by atoms with Crippen molar-refractivity contribution in [2.24, 2.45) is 5.73 Å². The monoisotopic (exact) mass is 452 g/mol. The van der Waals surface area contributed by atoms with Crippen molar-refractivity contribution in [2.45, 2.75) is 26.8 Å². The van der Waals surface area contributed by atoms with E-state index >= 15 is 0 Å². The van der Waals surface area contributed by atoms with E-state index in [-0.39, 0.29) is 17.7 Å². The first-order valence-corrected chi connectivity index (χ1v) is 11.3. The minimum Gasteiger partial charge on any atom is -0.366 e. The van der Waals surface area contributed by atoms with E-state index in [1.165, 1.54) is 27.2 Å². The Morgan fingerprint density at radius 2 is 1.90 bits per heavy atom. The van der Waals surface area contributed by atoms with E-state index in [2.05, 4.69) is 10.3 Å². The zero-order valence-electron chi connectivity index (χ0n) is 17.0. The van der Waals surface area contributed by atoms with Crippen molar-refractivity contribution in [3.05, 3.63) is 69.1 Å². The third-order valence-corrected chi connectivity index (χ3v) is 7.12. The molecule has 0 radical (unpaired) electrons. The lowest BCUT2D eigenvalue weighted by molar-refractivity contribution is -0.116. The van der Waals surface area contributed by atoms with Crippen LogP contribution in [0, 0.1) is 6.92 Å². The SMILES string of the molecule is CCc1cc2c(=O)n(CC(=O)Nc3sc(-c4ccccc4)cc3C(N)=O)c(C)nc2s1. The van der Waals surface area contributed by atoms with Crippen LogP contribution in [-0.2, 0) is 17.8 Å². The van der Waals surface area contributed by atoms with E-state index in [0.717, 1.165) is 21.7 Å². The van der Waals surface area contributed by atoms with Crippen molar-refractivity contribution in [1.82, 2.24) is 9.55 Å². The Morgan fingerprint density at radius 1 is 1.16 bits per heavy atom.